The first kappa shape index (κ1) is 13.5. The molecule has 0 radical (unpaired) electrons. The third-order valence-corrected chi connectivity index (χ3v) is 2.98. The third-order valence-electron chi connectivity index (χ3n) is 2.98. The SMILES string of the molecule is CCOC(=O)c1ccc(CC(C)C)c2ncccc12. The molecule has 1 heterocycles. The number of pyridine rings is 1. The van der Waals surface area contributed by atoms with Gasteiger partial charge in [-0.15, -0.1) is 0 Å². The monoisotopic (exact) mass is 257 g/mol. The lowest BCUT2D eigenvalue weighted by Gasteiger charge is -2.11. The minimum atomic E-state index is -0.281. The standard InChI is InChI=1S/C16H19NO2/c1-4-19-16(18)14-8-7-12(10-11(2)3)15-13(14)6-5-9-17-15/h5-9,11H,4,10H2,1-3H3. The number of rotatable bonds is 4. The van der Waals surface area contributed by atoms with Crippen LogP contribution in [0.3, 0.4) is 0 Å². The number of esters is 1. The lowest BCUT2D eigenvalue weighted by atomic mass is 9.97. The van der Waals surface area contributed by atoms with Crippen molar-refractivity contribution in [2.75, 3.05) is 6.61 Å². The van der Waals surface area contributed by atoms with E-state index in [0.717, 1.165) is 17.3 Å². The topological polar surface area (TPSA) is 39.2 Å². The van der Waals surface area contributed by atoms with Crippen molar-refractivity contribution < 1.29 is 9.53 Å². The van der Waals surface area contributed by atoms with Crippen LogP contribution in [-0.4, -0.2) is 17.6 Å². The van der Waals surface area contributed by atoms with Crippen molar-refractivity contribution in [3.05, 3.63) is 41.6 Å². The Morgan fingerprint density at radius 1 is 1.32 bits per heavy atom. The Bertz CT molecular complexity index is 590. The summed E-state index contributed by atoms with van der Waals surface area (Å²) < 4.78 is 5.09. The fourth-order valence-electron chi connectivity index (χ4n) is 2.22. The lowest BCUT2D eigenvalue weighted by molar-refractivity contribution is 0.0528. The van der Waals surface area contributed by atoms with Gasteiger partial charge >= 0.3 is 5.97 Å². The Morgan fingerprint density at radius 2 is 2.11 bits per heavy atom. The molecule has 0 aliphatic carbocycles. The molecule has 0 N–H and O–H groups in total. The maximum absolute atomic E-state index is 11.9. The van der Waals surface area contributed by atoms with Crippen molar-refractivity contribution in [2.24, 2.45) is 5.92 Å². The minimum absolute atomic E-state index is 0.281. The third kappa shape index (κ3) is 2.92. The van der Waals surface area contributed by atoms with Gasteiger partial charge in [-0.25, -0.2) is 4.79 Å². The Hall–Kier alpha value is -1.90. The molecule has 0 amide bonds. The Kier molecular flexibility index (Phi) is 4.15. The van der Waals surface area contributed by atoms with E-state index < -0.39 is 0 Å². The van der Waals surface area contributed by atoms with Gasteiger partial charge in [0.1, 0.15) is 0 Å². The first-order valence-corrected chi connectivity index (χ1v) is 6.67. The quantitative estimate of drug-likeness (QED) is 0.785. The normalized spacial score (nSPS) is 10.9. The van der Waals surface area contributed by atoms with Gasteiger partial charge in [0, 0.05) is 11.6 Å². The largest absolute Gasteiger partial charge is 0.462 e. The smallest absolute Gasteiger partial charge is 0.338 e. The summed E-state index contributed by atoms with van der Waals surface area (Å²) in [5, 5.41) is 0.874. The highest BCUT2D eigenvalue weighted by Crippen LogP contribution is 2.23. The number of hydrogen-bond acceptors (Lipinski definition) is 3. The van der Waals surface area contributed by atoms with Crippen LogP contribution >= 0.6 is 0 Å². The molecular formula is C16H19NO2. The van der Waals surface area contributed by atoms with Crippen LogP contribution in [0.25, 0.3) is 10.9 Å². The molecule has 0 fully saturated rings. The highest BCUT2D eigenvalue weighted by atomic mass is 16.5. The van der Waals surface area contributed by atoms with E-state index in [-0.39, 0.29) is 5.97 Å². The summed E-state index contributed by atoms with van der Waals surface area (Å²) in [5.41, 5.74) is 2.68. The van der Waals surface area contributed by atoms with E-state index in [0.29, 0.717) is 18.1 Å². The Morgan fingerprint density at radius 3 is 2.79 bits per heavy atom. The fourth-order valence-corrected chi connectivity index (χ4v) is 2.22. The van der Waals surface area contributed by atoms with Gasteiger partial charge in [0.05, 0.1) is 17.7 Å². The second-order valence-corrected chi connectivity index (χ2v) is 4.99. The summed E-state index contributed by atoms with van der Waals surface area (Å²) in [6, 6.07) is 7.62. The van der Waals surface area contributed by atoms with Gasteiger partial charge in [-0.2, -0.15) is 0 Å². The van der Waals surface area contributed by atoms with Gasteiger partial charge in [-0.05, 0) is 37.0 Å². The molecule has 0 unspecified atom stereocenters. The zero-order valence-electron chi connectivity index (χ0n) is 11.6. The van der Waals surface area contributed by atoms with E-state index in [2.05, 4.69) is 18.8 Å². The lowest BCUT2D eigenvalue weighted by Crippen LogP contribution is -2.07. The average Bonchev–Trinajstić information content (AvgIpc) is 2.38. The molecule has 0 aliphatic heterocycles. The second-order valence-electron chi connectivity index (χ2n) is 4.99. The molecule has 0 spiro atoms. The molecule has 19 heavy (non-hydrogen) atoms. The van der Waals surface area contributed by atoms with Crippen LogP contribution in [0.1, 0.15) is 36.7 Å². The fraction of sp³-hybridized carbons (Fsp3) is 0.375. The molecular weight excluding hydrogens is 238 g/mol. The van der Waals surface area contributed by atoms with E-state index in [1.165, 1.54) is 5.56 Å². The average molecular weight is 257 g/mol. The van der Waals surface area contributed by atoms with Crippen LogP contribution in [-0.2, 0) is 11.2 Å². The number of hydrogen-bond donors (Lipinski definition) is 0. The number of nitrogens with zero attached hydrogens (tertiary/aromatic N) is 1. The number of fused-ring (bicyclic) bond motifs is 1. The van der Waals surface area contributed by atoms with E-state index in [9.17, 15) is 4.79 Å². The summed E-state index contributed by atoms with van der Waals surface area (Å²) in [6.07, 6.45) is 2.72. The van der Waals surface area contributed by atoms with Gasteiger partial charge < -0.3 is 4.74 Å². The Labute approximate surface area is 113 Å². The van der Waals surface area contributed by atoms with E-state index in [1.807, 2.05) is 31.2 Å². The van der Waals surface area contributed by atoms with Gasteiger partial charge in [0.2, 0.25) is 0 Å². The van der Waals surface area contributed by atoms with E-state index in [4.69, 9.17) is 4.74 Å². The molecule has 100 valence electrons. The molecule has 2 aromatic rings. The second kappa shape index (κ2) is 5.83. The van der Waals surface area contributed by atoms with Crippen LogP contribution in [0.5, 0.6) is 0 Å². The first-order valence-electron chi connectivity index (χ1n) is 6.67. The number of carbonyl (C=O) groups excluding carboxylic acids is 1. The minimum Gasteiger partial charge on any atom is -0.462 e. The molecule has 2 rings (SSSR count). The van der Waals surface area contributed by atoms with Crippen molar-refractivity contribution in [1.29, 1.82) is 0 Å². The summed E-state index contributed by atoms with van der Waals surface area (Å²) >= 11 is 0. The molecule has 0 saturated carbocycles. The maximum atomic E-state index is 11.9. The van der Waals surface area contributed by atoms with Crippen LogP contribution in [0.4, 0.5) is 0 Å². The number of aromatic nitrogens is 1. The summed E-state index contributed by atoms with van der Waals surface area (Å²) in [5.74, 6) is 0.273. The zero-order chi connectivity index (χ0) is 13.8. The molecule has 0 aliphatic rings. The van der Waals surface area contributed by atoms with Crippen LogP contribution in [0, 0.1) is 5.92 Å². The van der Waals surface area contributed by atoms with E-state index >= 15 is 0 Å². The predicted molar refractivity (Wildman–Crippen MR) is 76.2 cm³/mol. The van der Waals surface area contributed by atoms with Crippen molar-refractivity contribution in [3.63, 3.8) is 0 Å². The van der Waals surface area contributed by atoms with E-state index in [1.54, 1.807) is 6.20 Å². The summed E-state index contributed by atoms with van der Waals surface area (Å²) in [4.78, 5) is 16.4. The van der Waals surface area contributed by atoms with Crippen molar-refractivity contribution in [2.45, 2.75) is 27.2 Å². The molecule has 1 aromatic heterocycles. The number of ether oxygens (including phenoxy) is 1. The highest BCUT2D eigenvalue weighted by Gasteiger charge is 2.14. The van der Waals surface area contributed by atoms with Crippen LogP contribution in [0.2, 0.25) is 0 Å². The van der Waals surface area contributed by atoms with Crippen molar-refractivity contribution in [1.82, 2.24) is 4.98 Å². The van der Waals surface area contributed by atoms with Crippen LogP contribution in [0.15, 0.2) is 30.5 Å². The molecule has 3 nitrogen and oxygen atoms in total. The molecule has 3 heteroatoms. The zero-order valence-corrected chi connectivity index (χ0v) is 11.6. The van der Waals surface area contributed by atoms with Crippen molar-refractivity contribution in [3.8, 4) is 0 Å². The van der Waals surface area contributed by atoms with Crippen molar-refractivity contribution >= 4 is 16.9 Å². The van der Waals surface area contributed by atoms with Crippen LogP contribution < -0.4 is 0 Å². The molecule has 0 atom stereocenters. The Balaban J connectivity index is 2.55. The van der Waals surface area contributed by atoms with Gasteiger partial charge in [-0.1, -0.05) is 26.0 Å². The number of benzene rings is 1. The molecule has 0 saturated heterocycles. The first-order chi connectivity index (χ1) is 9.13. The summed E-state index contributed by atoms with van der Waals surface area (Å²) in [7, 11) is 0. The molecule has 0 bridgehead atoms. The van der Waals surface area contributed by atoms with Gasteiger partial charge in [0.25, 0.3) is 0 Å². The number of carbonyl (C=O) groups is 1. The predicted octanol–water partition coefficient (Wildman–Crippen LogP) is 3.61. The maximum Gasteiger partial charge on any atom is 0.338 e. The van der Waals surface area contributed by atoms with Gasteiger partial charge in [-0.3, -0.25) is 4.98 Å². The molecule has 1 aromatic carbocycles. The van der Waals surface area contributed by atoms with Gasteiger partial charge in [0.15, 0.2) is 0 Å². The highest BCUT2D eigenvalue weighted by molar-refractivity contribution is 6.04. The summed E-state index contributed by atoms with van der Waals surface area (Å²) in [6.45, 7) is 6.54.